The molecule has 2 rings (SSSR count). The highest BCUT2D eigenvalue weighted by Crippen LogP contribution is 2.13. The molecule has 17 heavy (non-hydrogen) atoms. The van der Waals surface area contributed by atoms with E-state index < -0.39 is 0 Å². The van der Waals surface area contributed by atoms with Gasteiger partial charge in [0.25, 0.3) is 0 Å². The summed E-state index contributed by atoms with van der Waals surface area (Å²) in [5.74, 6) is 2.01. The number of nitrogens with one attached hydrogen (secondary N) is 1. The molecule has 1 aromatic heterocycles. The van der Waals surface area contributed by atoms with E-state index in [2.05, 4.69) is 17.3 Å². The Morgan fingerprint density at radius 2 is 2.35 bits per heavy atom. The van der Waals surface area contributed by atoms with Crippen LogP contribution in [-0.2, 0) is 11.3 Å². The second-order valence-corrected chi connectivity index (χ2v) is 4.91. The summed E-state index contributed by atoms with van der Waals surface area (Å²) in [5, 5.41) is 3.48. The summed E-state index contributed by atoms with van der Waals surface area (Å²) in [5.41, 5.74) is 0. The van der Waals surface area contributed by atoms with Crippen LogP contribution >= 0.6 is 0 Å². The molecular formula is C13H22N2O2. The van der Waals surface area contributed by atoms with Gasteiger partial charge in [-0.2, -0.15) is 0 Å². The van der Waals surface area contributed by atoms with Crippen LogP contribution in [-0.4, -0.2) is 44.3 Å². The molecule has 0 spiro atoms. The van der Waals surface area contributed by atoms with E-state index in [0.29, 0.717) is 12.1 Å². The van der Waals surface area contributed by atoms with Crippen LogP contribution in [0.5, 0.6) is 0 Å². The van der Waals surface area contributed by atoms with E-state index in [1.165, 1.54) is 0 Å². The van der Waals surface area contributed by atoms with Crippen molar-refractivity contribution < 1.29 is 9.15 Å². The van der Waals surface area contributed by atoms with Crippen LogP contribution in [0.15, 0.2) is 16.5 Å². The quantitative estimate of drug-likeness (QED) is 0.841. The molecule has 2 heterocycles. The first-order valence-corrected chi connectivity index (χ1v) is 6.17. The van der Waals surface area contributed by atoms with Crippen molar-refractivity contribution >= 4 is 0 Å². The molecule has 1 aromatic rings. The fraction of sp³-hybridized carbons (Fsp3) is 0.692. The maximum Gasteiger partial charge on any atom is 0.118 e. The summed E-state index contributed by atoms with van der Waals surface area (Å²) in [7, 11) is 3.91. The standard InChI is InChI=1S/C13H22N2O2/c1-10-4-5-12(17-10)9-15(2)8-11-6-13(16-3)7-14-11/h4-5,11,13-14H,6-9H2,1-3H3. The highest BCUT2D eigenvalue weighted by atomic mass is 16.5. The van der Waals surface area contributed by atoms with Crippen LogP contribution in [0, 0.1) is 6.92 Å². The van der Waals surface area contributed by atoms with Crippen molar-refractivity contribution in [1.82, 2.24) is 10.2 Å². The number of ether oxygens (including phenoxy) is 1. The first-order valence-electron chi connectivity index (χ1n) is 6.17. The molecule has 0 amide bonds. The minimum atomic E-state index is 0.374. The largest absolute Gasteiger partial charge is 0.465 e. The highest BCUT2D eigenvalue weighted by Gasteiger charge is 2.24. The Morgan fingerprint density at radius 3 is 2.94 bits per heavy atom. The topological polar surface area (TPSA) is 37.6 Å². The van der Waals surface area contributed by atoms with Crippen molar-refractivity contribution in [3.63, 3.8) is 0 Å². The molecule has 1 N–H and O–H groups in total. The van der Waals surface area contributed by atoms with Crippen LogP contribution in [0.2, 0.25) is 0 Å². The van der Waals surface area contributed by atoms with Gasteiger partial charge in [0, 0.05) is 26.2 Å². The van der Waals surface area contributed by atoms with Crippen molar-refractivity contribution in [2.24, 2.45) is 0 Å². The molecule has 96 valence electrons. The van der Waals surface area contributed by atoms with E-state index in [9.17, 15) is 0 Å². The SMILES string of the molecule is COC1CNC(CN(C)Cc2ccc(C)o2)C1. The Labute approximate surface area is 103 Å². The predicted molar refractivity (Wildman–Crippen MR) is 67.0 cm³/mol. The Bertz CT molecular complexity index is 351. The third kappa shape index (κ3) is 3.56. The lowest BCUT2D eigenvalue weighted by atomic mass is 10.2. The van der Waals surface area contributed by atoms with Gasteiger partial charge >= 0.3 is 0 Å². The predicted octanol–water partition coefficient (Wildman–Crippen LogP) is 1.40. The lowest BCUT2D eigenvalue weighted by Crippen LogP contribution is -2.34. The lowest BCUT2D eigenvalue weighted by Gasteiger charge is -2.19. The second kappa shape index (κ2) is 5.67. The average Bonchev–Trinajstić information content (AvgIpc) is 2.88. The van der Waals surface area contributed by atoms with Gasteiger partial charge in [-0.1, -0.05) is 0 Å². The summed E-state index contributed by atoms with van der Waals surface area (Å²) in [6.07, 6.45) is 1.47. The normalized spacial score (nSPS) is 24.7. The first-order chi connectivity index (χ1) is 8.17. The molecule has 1 aliphatic rings. The van der Waals surface area contributed by atoms with E-state index in [0.717, 1.165) is 37.6 Å². The third-order valence-electron chi connectivity index (χ3n) is 3.27. The van der Waals surface area contributed by atoms with Crippen LogP contribution in [0.4, 0.5) is 0 Å². The smallest absolute Gasteiger partial charge is 0.118 e. The zero-order chi connectivity index (χ0) is 12.3. The van der Waals surface area contributed by atoms with Gasteiger partial charge in [-0.25, -0.2) is 0 Å². The summed E-state index contributed by atoms with van der Waals surface area (Å²) in [6, 6.07) is 4.59. The average molecular weight is 238 g/mol. The summed E-state index contributed by atoms with van der Waals surface area (Å²) < 4.78 is 10.9. The Balaban J connectivity index is 1.76. The Kier molecular flexibility index (Phi) is 4.20. The number of methoxy groups -OCH3 is 1. The van der Waals surface area contributed by atoms with E-state index >= 15 is 0 Å². The third-order valence-corrected chi connectivity index (χ3v) is 3.27. The molecule has 1 aliphatic heterocycles. The summed E-state index contributed by atoms with van der Waals surface area (Å²) >= 11 is 0. The summed E-state index contributed by atoms with van der Waals surface area (Å²) in [4.78, 5) is 2.29. The van der Waals surface area contributed by atoms with Gasteiger partial charge in [0.05, 0.1) is 12.6 Å². The van der Waals surface area contributed by atoms with Crippen molar-refractivity contribution in [2.45, 2.75) is 32.0 Å². The van der Waals surface area contributed by atoms with Gasteiger partial charge in [0.15, 0.2) is 0 Å². The number of hydrogen-bond acceptors (Lipinski definition) is 4. The van der Waals surface area contributed by atoms with Gasteiger partial charge < -0.3 is 14.5 Å². The molecule has 0 aromatic carbocycles. The molecule has 0 bridgehead atoms. The van der Waals surface area contributed by atoms with Crippen molar-refractivity contribution in [2.75, 3.05) is 27.2 Å². The van der Waals surface area contributed by atoms with Gasteiger partial charge in [-0.15, -0.1) is 0 Å². The zero-order valence-electron chi connectivity index (χ0n) is 10.9. The minimum absolute atomic E-state index is 0.374. The van der Waals surface area contributed by atoms with Crippen molar-refractivity contribution in [3.05, 3.63) is 23.7 Å². The molecule has 2 atom stereocenters. The molecule has 1 fully saturated rings. The van der Waals surface area contributed by atoms with Gasteiger partial charge in [-0.3, -0.25) is 4.90 Å². The number of hydrogen-bond donors (Lipinski definition) is 1. The van der Waals surface area contributed by atoms with Crippen molar-refractivity contribution in [1.29, 1.82) is 0 Å². The van der Waals surface area contributed by atoms with Gasteiger partial charge in [-0.05, 0) is 32.5 Å². The van der Waals surface area contributed by atoms with Crippen LogP contribution in [0.3, 0.4) is 0 Å². The molecule has 1 saturated heterocycles. The highest BCUT2D eigenvalue weighted by molar-refractivity contribution is 5.05. The molecule has 0 aliphatic carbocycles. The molecule has 4 heteroatoms. The molecular weight excluding hydrogens is 216 g/mol. The number of rotatable bonds is 5. The fourth-order valence-corrected chi connectivity index (χ4v) is 2.38. The van der Waals surface area contributed by atoms with Gasteiger partial charge in [0.1, 0.15) is 11.5 Å². The second-order valence-electron chi connectivity index (χ2n) is 4.91. The zero-order valence-corrected chi connectivity index (χ0v) is 10.9. The van der Waals surface area contributed by atoms with Crippen molar-refractivity contribution in [3.8, 4) is 0 Å². The number of aryl methyl sites for hydroxylation is 1. The van der Waals surface area contributed by atoms with Crippen LogP contribution in [0.25, 0.3) is 0 Å². The minimum Gasteiger partial charge on any atom is -0.465 e. The van der Waals surface area contributed by atoms with E-state index in [-0.39, 0.29) is 0 Å². The monoisotopic (exact) mass is 238 g/mol. The maximum atomic E-state index is 5.57. The fourth-order valence-electron chi connectivity index (χ4n) is 2.38. The first kappa shape index (κ1) is 12.6. The lowest BCUT2D eigenvalue weighted by molar-refractivity contribution is 0.116. The molecule has 0 radical (unpaired) electrons. The Morgan fingerprint density at radius 1 is 1.53 bits per heavy atom. The molecule has 0 saturated carbocycles. The van der Waals surface area contributed by atoms with E-state index in [1.807, 2.05) is 19.1 Å². The maximum absolute atomic E-state index is 5.57. The number of likely N-dealkylation sites (N-methyl/N-ethyl adjacent to an activating group) is 1. The molecule has 2 unspecified atom stereocenters. The Hall–Kier alpha value is -0.840. The number of furan rings is 1. The van der Waals surface area contributed by atoms with E-state index in [1.54, 1.807) is 7.11 Å². The van der Waals surface area contributed by atoms with Crippen LogP contribution in [0.1, 0.15) is 17.9 Å². The van der Waals surface area contributed by atoms with Crippen LogP contribution < -0.4 is 5.32 Å². The summed E-state index contributed by atoms with van der Waals surface area (Å²) in [6.45, 7) is 4.84. The van der Waals surface area contributed by atoms with E-state index in [4.69, 9.17) is 9.15 Å². The molecule has 4 nitrogen and oxygen atoms in total. The van der Waals surface area contributed by atoms with Gasteiger partial charge in [0.2, 0.25) is 0 Å². The number of nitrogens with zero attached hydrogens (tertiary/aromatic N) is 1.